The monoisotopic (exact) mass is 1370 g/mol. The first-order chi connectivity index (χ1) is 45.7. The SMILES string of the molecule is CCCC/C=C\CCCCCCCC(=O)OC(COC(=O)CCCCCCC/C=C\CCCCCC)COP(=O)(O)OCC(O)COP(=O)(O)OCC(COC(=O)CCCCCCC/C=C\C/C=C\CCCCC)OC(=O)CCCCCCC/C=C\CCCCCCCC. The number of hydrogen-bond donors (Lipinski definition) is 3. The Kier molecular flexibility index (Phi) is 65.9. The fourth-order valence-corrected chi connectivity index (χ4v) is 11.7. The van der Waals surface area contributed by atoms with E-state index >= 15 is 0 Å². The molecule has 0 rings (SSSR count). The lowest BCUT2D eigenvalue weighted by molar-refractivity contribution is -0.161. The van der Waals surface area contributed by atoms with Crippen LogP contribution in [0, 0.1) is 0 Å². The third kappa shape index (κ3) is 67.3. The van der Waals surface area contributed by atoms with Crippen molar-refractivity contribution in [3.05, 3.63) is 60.8 Å². The van der Waals surface area contributed by atoms with E-state index in [1.165, 1.54) is 96.3 Å². The molecule has 0 fully saturated rings. The second-order valence-corrected chi connectivity index (χ2v) is 28.1. The Morgan fingerprint density at radius 1 is 0.298 bits per heavy atom. The highest BCUT2D eigenvalue weighted by atomic mass is 31.2. The predicted molar refractivity (Wildman–Crippen MR) is 381 cm³/mol. The summed E-state index contributed by atoms with van der Waals surface area (Å²) in [4.78, 5) is 72.7. The number of aliphatic hydroxyl groups excluding tert-OH is 1. The molecular weight excluding hydrogens is 1230 g/mol. The largest absolute Gasteiger partial charge is 0.472 e. The second-order valence-electron chi connectivity index (χ2n) is 25.2. The van der Waals surface area contributed by atoms with E-state index in [-0.39, 0.29) is 25.7 Å². The van der Waals surface area contributed by atoms with Gasteiger partial charge in [-0.3, -0.25) is 37.3 Å². The highest BCUT2D eigenvalue weighted by molar-refractivity contribution is 7.47. The molecule has 0 saturated carbocycles. The third-order valence-electron chi connectivity index (χ3n) is 15.9. The van der Waals surface area contributed by atoms with Crippen LogP contribution in [0.2, 0.25) is 0 Å². The van der Waals surface area contributed by atoms with Crippen molar-refractivity contribution < 1.29 is 80.2 Å². The predicted octanol–water partition coefficient (Wildman–Crippen LogP) is 21.1. The molecule has 3 N–H and O–H groups in total. The van der Waals surface area contributed by atoms with E-state index in [1.54, 1.807) is 0 Å². The first-order valence-electron chi connectivity index (χ1n) is 37.5. The van der Waals surface area contributed by atoms with Crippen LogP contribution in [-0.2, 0) is 65.4 Å². The van der Waals surface area contributed by atoms with E-state index in [0.29, 0.717) is 25.7 Å². The number of phosphoric acid groups is 2. The molecule has 0 aliphatic rings. The summed E-state index contributed by atoms with van der Waals surface area (Å²) in [7, 11) is -9.94. The van der Waals surface area contributed by atoms with Crippen LogP contribution in [0.5, 0.6) is 0 Å². The summed E-state index contributed by atoms with van der Waals surface area (Å²) in [6.45, 7) is 4.78. The average Bonchev–Trinajstić information content (AvgIpc) is 1.36. The number of ether oxygens (including phenoxy) is 4. The highest BCUT2D eigenvalue weighted by Gasteiger charge is 2.30. The van der Waals surface area contributed by atoms with E-state index in [1.807, 2.05) is 0 Å². The molecule has 5 unspecified atom stereocenters. The zero-order valence-corrected chi connectivity index (χ0v) is 61.4. The van der Waals surface area contributed by atoms with Crippen molar-refractivity contribution in [2.24, 2.45) is 0 Å². The second kappa shape index (κ2) is 68.3. The molecule has 548 valence electrons. The van der Waals surface area contributed by atoms with Crippen molar-refractivity contribution >= 4 is 39.5 Å². The molecule has 0 aromatic carbocycles. The van der Waals surface area contributed by atoms with Crippen LogP contribution in [-0.4, -0.2) is 96.7 Å². The fraction of sp³-hybridized carbons (Fsp3) is 0.813. The van der Waals surface area contributed by atoms with E-state index in [0.717, 1.165) is 161 Å². The molecule has 0 heterocycles. The van der Waals surface area contributed by atoms with Gasteiger partial charge in [-0.15, -0.1) is 0 Å². The summed E-state index contributed by atoms with van der Waals surface area (Å²) in [6.07, 6.45) is 65.0. The van der Waals surface area contributed by atoms with Gasteiger partial charge in [0.25, 0.3) is 0 Å². The Morgan fingerprint density at radius 2 is 0.532 bits per heavy atom. The topological polar surface area (TPSA) is 237 Å². The van der Waals surface area contributed by atoms with Crippen molar-refractivity contribution in [2.75, 3.05) is 39.6 Å². The summed E-state index contributed by atoms with van der Waals surface area (Å²) >= 11 is 0. The van der Waals surface area contributed by atoms with E-state index in [9.17, 15) is 43.2 Å². The lowest BCUT2D eigenvalue weighted by atomic mass is 10.1. The Morgan fingerprint density at radius 3 is 0.862 bits per heavy atom. The van der Waals surface area contributed by atoms with Crippen molar-refractivity contribution in [2.45, 2.75) is 354 Å². The normalized spacial score (nSPS) is 14.3. The Bertz CT molecular complexity index is 2030. The molecule has 0 spiro atoms. The number of carbonyl (C=O) groups excluding carboxylic acids is 4. The molecule has 0 aliphatic carbocycles. The van der Waals surface area contributed by atoms with Gasteiger partial charge in [-0.25, -0.2) is 9.13 Å². The number of carbonyl (C=O) groups is 4. The summed E-state index contributed by atoms with van der Waals surface area (Å²) in [5.74, 6) is -2.20. The quantitative estimate of drug-likeness (QED) is 0.0169. The maximum Gasteiger partial charge on any atom is 0.472 e. The number of unbranched alkanes of at least 4 members (excludes halogenated alkanes) is 35. The third-order valence-corrected chi connectivity index (χ3v) is 17.8. The van der Waals surface area contributed by atoms with Crippen LogP contribution in [0.1, 0.15) is 336 Å². The van der Waals surface area contributed by atoms with Gasteiger partial charge in [-0.05, 0) is 128 Å². The highest BCUT2D eigenvalue weighted by Crippen LogP contribution is 2.45. The smallest absolute Gasteiger partial charge is 0.462 e. The van der Waals surface area contributed by atoms with Gasteiger partial charge in [0.05, 0.1) is 26.4 Å². The van der Waals surface area contributed by atoms with Crippen LogP contribution in [0.4, 0.5) is 0 Å². The number of allylic oxidation sites excluding steroid dienone is 10. The summed E-state index contributed by atoms with van der Waals surface area (Å²) in [5.41, 5.74) is 0. The average molecular weight is 1370 g/mol. The molecule has 17 nitrogen and oxygen atoms in total. The van der Waals surface area contributed by atoms with E-state index in [4.69, 9.17) is 37.0 Å². The van der Waals surface area contributed by atoms with Gasteiger partial charge in [0.1, 0.15) is 19.3 Å². The standard InChI is InChI=1S/C75H136O17P2/c1-5-9-13-17-21-25-29-32-34-37-41-44-48-52-56-60-73(78)86-66-71(92-75(80)62-58-54-50-46-42-38-35-33-30-26-22-18-14-10-6-2)68-90-94(83,84)88-64-69(76)63-87-93(81,82)89-67-70(91-74(79)61-57-53-49-45-39-28-24-20-16-12-8-4)65-85-72(77)59-55-51-47-43-40-36-31-27-23-19-15-11-7-3/h20-21,24-25,27,31-35,69-71,76H,5-19,22-23,26,28-30,36-68H2,1-4H3,(H,81,82)(H,83,84)/b24-20-,25-21-,31-27-,34-32-,35-33-. The lowest BCUT2D eigenvalue weighted by Gasteiger charge is -2.21. The fourth-order valence-electron chi connectivity index (χ4n) is 10.1. The number of phosphoric ester groups is 2. The first kappa shape index (κ1) is 90.8. The first-order valence-corrected chi connectivity index (χ1v) is 40.5. The number of rotatable bonds is 71. The molecule has 19 heteroatoms. The van der Waals surface area contributed by atoms with Gasteiger partial charge in [-0.1, -0.05) is 243 Å². The van der Waals surface area contributed by atoms with Gasteiger partial charge in [0.15, 0.2) is 12.2 Å². The molecule has 0 bridgehead atoms. The van der Waals surface area contributed by atoms with Crippen LogP contribution in [0.3, 0.4) is 0 Å². The molecule has 0 aliphatic heterocycles. The molecule has 5 atom stereocenters. The number of hydrogen-bond acceptors (Lipinski definition) is 15. The Hall–Kier alpha value is -3.24. The summed E-state index contributed by atoms with van der Waals surface area (Å²) in [6, 6.07) is 0. The minimum absolute atomic E-state index is 0.0853. The molecule has 94 heavy (non-hydrogen) atoms. The molecule has 0 saturated heterocycles. The number of esters is 4. The Balaban J connectivity index is 5.33. The summed E-state index contributed by atoms with van der Waals surface area (Å²) in [5, 5.41) is 10.6. The Labute approximate surface area is 571 Å². The van der Waals surface area contributed by atoms with Gasteiger partial charge in [-0.2, -0.15) is 0 Å². The van der Waals surface area contributed by atoms with Crippen LogP contribution < -0.4 is 0 Å². The maximum absolute atomic E-state index is 13.1. The molecule has 0 amide bonds. The molecule has 0 aromatic rings. The van der Waals surface area contributed by atoms with Crippen LogP contribution >= 0.6 is 15.6 Å². The molecular formula is C75H136O17P2. The summed E-state index contributed by atoms with van der Waals surface area (Å²) < 4.78 is 68.3. The van der Waals surface area contributed by atoms with Crippen molar-refractivity contribution in [3.63, 3.8) is 0 Å². The molecule has 0 aromatic heterocycles. The van der Waals surface area contributed by atoms with Gasteiger partial charge in [0.2, 0.25) is 0 Å². The minimum Gasteiger partial charge on any atom is -0.462 e. The van der Waals surface area contributed by atoms with Crippen LogP contribution in [0.15, 0.2) is 60.8 Å². The molecule has 0 radical (unpaired) electrons. The van der Waals surface area contributed by atoms with Crippen molar-refractivity contribution in [3.8, 4) is 0 Å². The minimum atomic E-state index is -4.97. The van der Waals surface area contributed by atoms with Gasteiger partial charge in [0, 0.05) is 25.7 Å². The van der Waals surface area contributed by atoms with E-state index in [2.05, 4.69) is 88.5 Å². The zero-order chi connectivity index (χ0) is 69.0. The van der Waals surface area contributed by atoms with E-state index < -0.39 is 97.5 Å². The van der Waals surface area contributed by atoms with Gasteiger partial charge < -0.3 is 33.8 Å². The number of aliphatic hydroxyl groups is 1. The maximum atomic E-state index is 13.1. The van der Waals surface area contributed by atoms with Crippen molar-refractivity contribution in [1.82, 2.24) is 0 Å². The van der Waals surface area contributed by atoms with Crippen LogP contribution in [0.25, 0.3) is 0 Å². The zero-order valence-electron chi connectivity index (χ0n) is 59.6. The lowest BCUT2D eigenvalue weighted by Crippen LogP contribution is -2.30. The van der Waals surface area contributed by atoms with Crippen molar-refractivity contribution in [1.29, 1.82) is 0 Å². The van der Waals surface area contributed by atoms with Gasteiger partial charge >= 0.3 is 39.5 Å².